The molecule has 0 N–H and O–H groups in total. The molecule has 24 heavy (non-hydrogen) atoms. The number of hydrogen-bond acceptors (Lipinski definition) is 3. The van der Waals surface area contributed by atoms with Crippen molar-refractivity contribution in [3.63, 3.8) is 0 Å². The molecule has 2 rings (SSSR count). The van der Waals surface area contributed by atoms with Crippen LogP contribution in [0.25, 0.3) is 0 Å². The molecule has 0 aliphatic carbocycles. The molecule has 1 aromatic rings. The van der Waals surface area contributed by atoms with E-state index in [1.807, 2.05) is 43.1 Å². The van der Waals surface area contributed by atoms with Gasteiger partial charge in [-0.15, -0.1) is 0 Å². The van der Waals surface area contributed by atoms with Gasteiger partial charge in [0.25, 0.3) is 0 Å². The molecule has 134 valence electrons. The number of likely N-dealkylation sites (N-methyl/N-ethyl adjacent to an activating group) is 2. The van der Waals surface area contributed by atoms with Gasteiger partial charge in [-0.2, -0.15) is 0 Å². The van der Waals surface area contributed by atoms with Crippen LogP contribution in [0.4, 0.5) is 4.39 Å². The number of carbonyl (C=O) groups excluding carboxylic acids is 1. The van der Waals surface area contributed by atoms with Crippen molar-refractivity contribution < 1.29 is 9.18 Å². The molecule has 1 saturated heterocycles. The van der Waals surface area contributed by atoms with E-state index in [0.717, 1.165) is 51.0 Å². The Hall–Kier alpha value is -1.46. The van der Waals surface area contributed by atoms with Gasteiger partial charge in [-0.25, -0.2) is 4.39 Å². The lowest BCUT2D eigenvalue weighted by Crippen LogP contribution is -2.42. The van der Waals surface area contributed by atoms with Gasteiger partial charge in [0.2, 0.25) is 5.91 Å². The van der Waals surface area contributed by atoms with Crippen LogP contribution >= 0.6 is 0 Å². The number of likely N-dealkylation sites (tertiary alicyclic amines) is 1. The van der Waals surface area contributed by atoms with E-state index >= 15 is 0 Å². The first-order valence-corrected chi connectivity index (χ1v) is 8.80. The van der Waals surface area contributed by atoms with Gasteiger partial charge in [0.15, 0.2) is 0 Å². The zero-order valence-electron chi connectivity index (χ0n) is 15.2. The van der Waals surface area contributed by atoms with E-state index in [2.05, 4.69) is 4.90 Å². The third-order valence-electron chi connectivity index (χ3n) is 4.77. The van der Waals surface area contributed by atoms with Crippen molar-refractivity contribution in [2.24, 2.45) is 5.92 Å². The van der Waals surface area contributed by atoms with Crippen molar-refractivity contribution in [3.05, 3.63) is 35.6 Å². The van der Waals surface area contributed by atoms with Gasteiger partial charge in [-0.3, -0.25) is 4.79 Å². The van der Waals surface area contributed by atoms with Gasteiger partial charge in [0.1, 0.15) is 5.82 Å². The predicted octanol–water partition coefficient (Wildman–Crippen LogP) is 2.10. The first-order valence-electron chi connectivity index (χ1n) is 8.80. The van der Waals surface area contributed by atoms with E-state index in [1.54, 1.807) is 6.07 Å². The number of nitrogens with zero attached hydrogens (tertiary/aromatic N) is 3. The van der Waals surface area contributed by atoms with E-state index in [9.17, 15) is 9.18 Å². The van der Waals surface area contributed by atoms with Crippen LogP contribution < -0.4 is 0 Å². The quantitative estimate of drug-likeness (QED) is 0.763. The number of rotatable bonds is 7. The Balaban J connectivity index is 1.70. The lowest BCUT2D eigenvalue weighted by molar-refractivity contribution is -0.131. The normalized spacial score (nSPS) is 16.5. The van der Waals surface area contributed by atoms with E-state index in [4.69, 9.17) is 0 Å². The van der Waals surface area contributed by atoms with Crippen molar-refractivity contribution in [1.29, 1.82) is 0 Å². The monoisotopic (exact) mass is 335 g/mol. The summed E-state index contributed by atoms with van der Waals surface area (Å²) in [5, 5.41) is 0. The summed E-state index contributed by atoms with van der Waals surface area (Å²) in [5.74, 6) is 0.654. The van der Waals surface area contributed by atoms with Crippen LogP contribution in [0, 0.1) is 11.7 Å². The Labute approximate surface area is 145 Å². The smallest absolute Gasteiger partial charge is 0.236 e. The molecule has 1 aromatic carbocycles. The molecule has 0 atom stereocenters. The second kappa shape index (κ2) is 9.14. The van der Waals surface area contributed by atoms with E-state index < -0.39 is 0 Å². The second-order valence-electron chi connectivity index (χ2n) is 7.14. The Morgan fingerprint density at radius 2 is 1.88 bits per heavy atom. The molecule has 4 nitrogen and oxygen atoms in total. The molecule has 1 aliphatic rings. The zero-order valence-corrected chi connectivity index (χ0v) is 15.2. The third-order valence-corrected chi connectivity index (χ3v) is 4.77. The fraction of sp³-hybridized carbons (Fsp3) is 0.632. The van der Waals surface area contributed by atoms with Gasteiger partial charge in [-0.05, 0) is 64.0 Å². The Kier molecular flexibility index (Phi) is 7.18. The van der Waals surface area contributed by atoms with E-state index in [0.29, 0.717) is 12.5 Å². The lowest BCUT2D eigenvalue weighted by atomic mass is 9.96. The number of halogens is 1. The van der Waals surface area contributed by atoms with Gasteiger partial charge in [0.05, 0.1) is 6.54 Å². The maximum absolute atomic E-state index is 13.7. The Morgan fingerprint density at radius 3 is 2.50 bits per heavy atom. The highest BCUT2D eigenvalue weighted by Gasteiger charge is 2.22. The number of amides is 1. The maximum Gasteiger partial charge on any atom is 0.236 e. The summed E-state index contributed by atoms with van der Waals surface area (Å²) >= 11 is 0. The molecule has 1 aliphatic heterocycles. The van der Waals surface area contributed by atoms with Crippen molar-refractivity contribution >= 4 is 5.91 Å². The van der Waals surface area contributed by atoms with Crippen LogP contribution in [-0.2, 0) is 11.2 Å². The van der Waals surface area contributed by atoms with Crippen molar-refractivity contribution in [1.82, 2.24) is 14.7 Å². The number of hydrogen-bond donors (Lipinski definition) is 0. The highest BCUT2D eigenvalue weighted by atomic mass is 19.1. The molecule has 0 radical (unpaired) electrons. The van der Waals surface area contributed by atoms with Gasteiger partial charge in [-0.1, -0.05) is 18.2 Å². The molecular weight excluding hydrogens is 305 g/mol. The summed E-state index contributed by atoms with van der Waals surface area (Å²) in [7, 11) is 5.73. The number of piperidine rings is 1. The highest BCUT2D eigenvalue weighted by Crippen LogP contribution is 2.19. The second-order valence-corrected chi connectivity index (χ2v) is 7.14. The van der Waals surface area contributed by atoms with E-state index in [1.165, 1.54) is 6.07 Å². The van der Waals surface area contributed by atoms with Crippen LogP contribution in [0.5, 0.6) is 0 Å². The Morgan fingerprint density at radius 1 is 1.21 bits per heavy atom. The molecule has 5 heteroatoms. The molecule has 0 bridgehead atoms. The zero-order chi connectivity index (χ0) is 17.5. The number of carbonyl (C=O) groups is 1. The van der Waals surface area contributed by atoms with Crippen LogP contribution in [0.3, 0.4) is 0 Å². The lowest BCUT2D eigenvalue weighted by Gasteiger charge is -2.34. The number of benzene rings is 1. The topological polar surface area (TPSA) is 26.8 Å². The van der Waals surface area contributed by atoms with Crippen LogP contribution in [0.2, 0.25) is 0 Å². The fourth-order valence-corrected chi connectivity index (χ4v) is 3.25. The van der Waals surface area contributed by atoms with Crippen molar-refractivity contribution in [2.45, 2.75) is 19.3 Å². The summed E-state index contributed by atoms with van der Waals surface area (Å²) in [6, 6.07) is 7.03. The minimum atomic E-state index is -0.103. The molecule has 0 saturated carbocycles. The third kappa shape index (κ3) is 5.87. The molecule has 0 unspecified atom stereocenters. The SMILES string of the molecule is CN(C)CC(=O)N(C)CC1CCN(CCc2ccccc2F)CC1. The Bertz CT molecular complexity index is 527. The molecule has 0 spiro atoms. The molecule has 1 heterocycles. The van der Waals surface area contributed by atoms with Crippen molar-refractivity contribution in [2.75, 3.05) is 53.9 Å². The van der Waals surface area contributed by atoms with Gasteiger partial charge < -0.3 is 14.7 Å². The van der Waals surface area contributed by atoms with Gasteiger partial charge >= 0.3 is 0 Å². The minimum absolute atomic E-state index is 0.103. The van der Waals surface area contributed by atoms with E-state index in [-0.39, 0.29) is 11.7 Å². The van der Waals surface area contributed by atoms with Crippen LogP contribution in [0.1, 0.15) is 18.4 Å². The highest BCUT2D eigenvalue weighted by molar-refractivity contribution is 5.77. The summed E-state index contributed by atoms with van der Waals surface area (Å²) in [6.07, 6.45) is 2.98. The van der Waals surface area contributed by atoms with Gasteiger partial charge in [0, 0.05) is 20.1 Å². The molecule has 0 aromatic heterocycles. The van der Waals surface area contributed by atoms with Crippen LogP contribution in [-0.4, -0.2) is 74.5 Å². The molecular formula is C19H30FN3O. The minimum Gasteiger partial charge on any atom is -0.344 e. The standard InChI is InChI=1S/C19H30FN3O/c1-21(2)15-19(24)22(3)14-16-8-11-23(12-9-16)13-10-17-6-4-5-7-18(17)20/h4-7,16H,8-15H2,1-3H3. The average Bonchev–Trinajstić information content (AvgIpc) is 2.55. The fourth-order valence-electron chi connectivity index (χ4n) is 3.25. The predicted molar refractivity (Wildman–Crippen MR) is 95.5 cm³/mol. The summed E-state index contributed by atoms with van der Waals surface area (Å²) in [4.78, 5) is 18.2. The van der Waals surface area contributed by atoms with Crippen LogP contribution in [0.15, 0.2) is 24.3 Å². The first kappa shape index (κ1) is 18.9. The molecule has 1 fully saturated rings. The summed E-state index contributed by atoms with van der Waals surface area (Å²) < 4.78 is 13.7. The summed E-state index contributed by atoms with van der Waals surface area (Å²) in [5.41, 5.74) is 0.800. The molecule has 1 amide bonds. The maximum atomic E-state index is 13.7. The average molecular weight is 335 g/mol. The summed E-state index contributed by atoms with van der Waals surface area (Å²) in [6.45, 7) is 4.29. The largest absolute Gasteiger partial charge is 0.344 e. The first-order chi connectivity index (χ1) is 11.5. The van der Waals surface area contributed by atoms with Crippen molar-refractivity contribution in [3.8, 4) is 0 Å².